The van der Waals surface area contributed by atoms with E-state index in [1.165, 1.54) is 24.3 Å². The summed E-state index contributed by atoms with van der Waals surface area (Å²) in [6.07, 6.45) is -15.7. The van der Waals surface area contributed by atoms with Crippen molar-refractivity contribution in [3.63, 3.8) is 0 Å². The summed E-state index contributed by atoms with van der Waals surface area (Å²) < 4.78 is 16.9. The second-order valence-electron chi connectivity index (χ2n) is 9.80. The van der Waals surface area contributed by atoms with Crippen LogP contribution in [0.3, 0.4) is 0 Å². The van der Waals surface area contributed by atoms with Gasteiger partial charge in [0.15, 0.2) is 11.0 Å². The predicted octanol–water partition coefficient (Wildman–Crippen LogP) is -1.75. The highest BCUT2D eigenvalue weighted by atomic mass is 16.5. The molecule has 0 saturated carbocycles. The van der Waals surface area contributed by atoms with Crippen LogP contribution in [0, 0.1) is 0 Å². The predicted molar refractivity (Wildman–Crippen MR) is 132 cm³/mol. The molecule has 1 aromatic heterocycles. The molecule has 216 valence electrons. The molecule has 2 fully saturated rings. The van der Waals surface area contributed by atoms with Crippen molar-refractivity contribution in [2.45, 2.75) is 54.9 Å². The fourth-order valence-corrected chi connectivity index (χ4v) is 5.11. The van der Waals surface area contributed by atoms with Crippen LogP contribution < -0.4 is 5.43 Å². The highest BCUT2D eigenvalue weighted by Gasteiger charge is 2.48. The van der Waals surface area contributed by atoms with Crippen molar-refractivity contribution >= 4 is 11.0 Å². The van der Waals surface area contributed by atoms with Crippen molar-refractivity contribution in [1.82, 2.24) is 0 Å². The largest absolute Gasteiger partial charge is 0.508 e. The first-order valence-corrected chi connectivity index (χ1v) is 12.3. The zero-order chi connectivity index (χ0) is 29.0. The van der Waals surface area contributed by atoms with E-state index >= 15 is 0 Å². The molecule has 9 atom stereocenters. The van der Waals surface area contributed by atoms with E-state index < -0.39 is 107 Å². The first-order chi connectivity index (χ1) is 19.0. The summed E-state index contributed by atoms with van der Waals surface area (Å²) in [5.74, 6) is -2.01. The lowest BCUT2D eigenvalue weighted by Crippen LogP contribution is -2.55. The van der Waals surface area contributed by atoms with Crippen LogP contribution in [0.1, 0.15) is 23.3 Å². The Balaban J connectivity index is 1.80. The topological polar surface area (TPSA) is 251 Å². The molecule has 3 heterocycles. The minimum Gasteiger partial charge on any atom is -0.508 e. The quantitative estimate of drug-likeness (QED) is 0.169. The van der Waals surface area contributed by atoms with Gasteiger partial charge in [0.2, 0.25) is 0 Å². The molecule has 14 nitrogen and oxygen atoms in total. The molecule has 14 heteroatoms. The van der Waals surface area contributed by atoms with Gasteiger partial charge in [0.05, 0.1) is 24.3 Å². The summed E-state index contributed by atoms with van der Waals surface area (Å²) in [5, 5.41) is 104. The molecule has 2 aliphatic heterocycles. The van der Waals surface area contributed by atoms with Gasteiger partial charge in [-0.3, -0.25) is 4.79 Å². The molecule has 0 unspecified atom stereocenters. The van der Waals surface area contributed by atoms with Gasteiger partial charge in [-0.2, -0.15) is 0 Å². The molecule has 10 N–H and O–H groups in total. The number of phenolic OH excluding ortho intramolecular Hbond substituents is 3. The smallest absolute Gasteiger partial charge is 0.197 e. The molecule has 40 heavy (non-hydrogen) atoms. The van der Waals surface area contributed by atoms with Gasteiger partial charge >= 0.3 is 0 Å². The van der Waals surface area contributed by atoms with E-state index in [1.54, 1.807) is 0 Å². The van der Waals surface area contributed by atoms with Gasteiger partial charge in [0.25, 0.3) is 0 Å². The van der Waals surface area contributed by atoms with Crippen molar-refractivity contribution < 1.29 is 65.0 Å². The summed E-state index contributed by atoms with van der Waals surface area (Å²) in [6, 6.07) is 6.50. The number of hydrogen-bond donors (Lipinski definition) is 10. The van der Waals surface area contributed by atoms with E-state index in [9.17, 15) is 55.9 Å². The average molecular weight is 564 g/mol. The summed E-state index contributed by atoms with van der Waals surface area (Å²) in [5.41, 5.74) is -2.15. The highest BCUT2D eigenvalue weighted by molar-refractivity contribution is 5.92. The molecule has 2 aliphatic rings. The second kappa shape index (κ2) is 10.6. The lowest BCUT2D eigenvalue weighted by molar-refractivity contribution is -0.232. The Labute approximate surface area is 224 Å². The fourth-order valence-electron chi connectivity index (χ4n) is 5.11. The number of fused-ring (bicyclic) bond motifs is 1. The normalized spacial score (nSPS) is 32.8. The summed E-state index contributed by atoms with van der Waals surface area (Å²) in [4.78, 5) is 13.4. The van der Waals surface area contributed by atoms with Gasteiger partial charge in [0.1, 0.15) is 83.3 Å². The summed E-state index contributed by atoms with van der Waals surface area (Å²) in [6.45, 7) is -1.34. The third kappa shape index (κ3) is 4.49. The number of rotatable bonds is 4. The zero-order valence-corrected chi connectivity index (χ0v) is 20.6. The zero-order valence-electron chi connectivity index (χ0n) is 20.6. The maximum Gasteiger partial charge on any atom is 0.197 e. The Kier molecular flexibility index (Phi) is 7.47. The van der Waals surface area contributed by atoms with Crippen molar-refractivity contribution in [2.24, 2.45) is 0 Å². The minimum atomic E-state index is -1.98. The molecule has 0 aliphatic carbocycles. The Hall–Kier alpha value is -3.31. The molecule has 3 aromatic rings. The molecule has 0 amide bonds. The minimum absolute atomic E-state index is 0.0710. The summed E-state index contributed by atoms with van der Waals surface area (Å²) >= 11 is 0. The van der Waals surface area contributed by atoms with Crippen molar-refractivity contribution in [2.75, 3.05) is 13.2 Å². The van der Waals surface area contributed by atoms with Crippen LogP contribution in [0.5, 0.6) is 17.2 Å². The molecule has 2 saturated heterocycles. The van der Waals surface area contributed by atoms with Gasteiger partial charge < -0.3 is 65.0 Å². The number of hydrogen-bond acceptors (Lipinski definition) is 14. The maximum atomic E-state index is 13.4. The van der Waals surface area contributed by atoms with Crippen LogP contribution >= 0.6 is 0 Å². The van der Waals surface area contributed by atoms with Gasteiger partial charge in [-0.25, -0.2) is 0 Å². The molecular formula is C26H28O14. The van der Waals surface area contributed by atoms with Crippen molar-refractivity contribution in [3.05, 3.63) is 51.7 Å². The van der Waals surface area contributed by atoms with Crippen LogP contribution in [0.15, 0.2) is 39.5 Å². The lowest BCUT2D eigenvalue weighted by atomic mass is 9.85. The van der Waals surface area contributed by atoms with Crippen LogP contribution in [0.25, 0.3) is 22.3 Å². The van der Waals surface area contributed by atoms with Crippen molar-refractivity contribution in [1.29, 1.82) is 0 Å². The number of benzene rings is 2. The van der Waals surface area contributed by atoms with Crippen LogP contribution in [-0.4, -0.2) is 107 Å². The van der Waals surface area contributed by atoms with E-state index in [-0.39, 0.29) is 11.5 Å². The second-order valence-corrected chi connectivity index (χ2v) is 9.80. The van der Waals surface area contributed by atoms with Crippen LogP contribution in [-0.2, 0) is 9.47 Å². The number of aliphatic hydroxyl groups excluding tert-OH is 7. The first-order valence-electron chi connectivity index (χ1n) is 12.3. The average Bonchev–Trinajstić information content (AvgIpc) is 2.92. The van der Waals surface area contributed by atoms with Gasteiger partial charge in [-0.1, -0.05) is 0 Å². The molecule has 0 bridgehead atoms. The van der Waals surface area contributed by atoms with Crippen molar-refractivity contribution in [3.8, 4) is 28.6 Å². The maximum absolute atomic E-state index is 13.4. The first kappa shape index (κ1) is 28.2. The number of aromatic hydroxyl groups is 3. The Bertz CT molecular complexity index is 1450. The number of aliphatic hydroxyl groups is 7. The van der Waals surface area contributed by atoms with E-state index in [4.69, 9.17) is 13.9 Å². The lowest BCUT2D eigenvalue weighted by Gasteiger charge is -2.41. The molecule has 5 rings (SSSR count). The monoisotopic (exact) mass is 564 g/mol. The van der Waals surface area contributed by atoms with E-state index in [0.29, 0.717) is 5.56 Å². The molecular weight excluding hydrogens is 536 g/mol. The van der Waals surface area contributed by atoms with E-state index in [0.717, 1.165) is 6.07 Å². The van der Waals surface area contributed by atoms with Crippen LogP contribution in [0.4, 0.5) is 0 Å². The Morgan fingerprint density at radius 1 is 0.775 bits per heavy atom. The standard InChI is InChI=1S/C26H28O14/c27-6-13-18(32)21(35)23(37)26(40-13)15-19(33)14-10(29)5-12(8-1-3-9(28)4-2-8)39-24(14)16(20(15)34)25-22(36)17(31)11(30)7-38-25/h1-5,11,13,17-18,21-23,25-28,30-37H,6-7H2/t11-,13+,17-,18-,21+,22-,23-,25-,26-/m0/s1. The van der Waals surface area contributed by atoms with Gasteiger partial charge in [-0.15, -0.1) is 0 Å². The Morgan fingerprint density at radius 3 is 2.08 bits per heavy atom. The fraction of sp³-hybridized carbons (Fsp3) is 0.423. The van der Waals surface area contributed by atoms with Gasteiger partial charge in [0, 0.05) is 11.6 Å². The molecule has 0 radical (unpaired) electrons. The number of ether oxygens (including phenoxy) is 2. The van der Waals surface area contributed by atoms with E-state index in [1.807, 2.05) is 0 Å². The number of phenols is 3. The molecule has 2 aromatic carbocycles. The highest BCUT2D eigenvalue weighted by Crippen LogP contribution is 2.50. The van der Waals surface area contributed by atoms with E-state index in [2.05, 4.69) is 0 Å². The third-order valence-corrected chi connectivity index (χ3v) is 7.31. The van der Waals surface area contributed by atoms with Crippen LogP contribution in [0.2, 0.25) is 0 Å². The Morgan fingerprint density at radius 2 is 1.43 bits per heavy atom. The molecule has 0 spiro atoms. The summed E-state index contributed by atoms with van der Waals surface area (Å²) in [7, 11) is 0. The van der Waals surface area contributed by atoms with Gasteiger partial charge in [-0.05, 0) is 24.3 Å². The SMILES string of the molecule is O=c1cc(-c2ccc(O)cc2)oc2c([C@@H]3OC[C@H](O)[C@H](O)[C@@H]3O)c(O)c([C@@H]3O[C@H](CO)[C@H](O)[C@@H](O)[C@@H]3O)c(O)c12. The third-order valence-electron chi connectivity index (χ3n) is 7.31.